The first-order valence-corrected chi connectivity index (χ1v) is 6.21. The van der Waals surface area contributed by atoms with Crippen LogP contribution in [0.4, 0.5) is 4.39 Å². The summed E-state index contributed by atoms with van der Waals surface area (Å²) in [6.45, 7) is 5.67. The number of para-hydroxylation sites is 1. The zero-order valence-corrected chi connectivity index (χ0v) is 11.6. The van der Waals surface area contributed by atoms with E-state index in [2.05, 4.69) is 0 Å². The van der Waals surface area contributed by atoms with E-state index in [9.17, 15) is 9.18 Å². The smallest absolute Gasteiger partial charge is 0.304 e. The monoisotopic (exact) mass is 263 g/mol. The van der Waals surface area contributed by atoms with Gasteiger partial charge >= 0.3 is 5.97 Å². The zero-order valence-electron chi connectivity index (χ0n) is 11.6. The lowest BCUT2D eigenvalue weighted by molar-refractivity contribution is -0.138. The summed E-state index contributed by atoms with van der Waals surface area (Å²) < 4.78 is 15.7. The van der Waals surface area contributed by atoms with Gasteiger partial charge in [-0.15, -0.1) is 0 Å². The van der Waals surface area contributed by atoms with Crippen molar-refractivity contribution in [2.75, 3.05) is 0 Å². The molecule has 1 aromatic heterocycles. The summed E-state index contributed by atoms with van der Waals surface area (Å²) in [6.07, 6.45) is 0.0173. The molecular formula is C15H18FNO2. The van der Waals surface area contributed by atoms with Gasteiger partial charge in [-0.2, -0.15) is 0 Å². The highest BCUT2D eigenvalue weighted by Gasteiger charge is 2.30. The van der Waals surface area contributed by atoms with Gasteiger partial charge < -0.3 is 9.67 Å². The molecule has 0 atom stereocenters. The minimum Gasteiger partial charge on any atom is -0.481 e. The topological polar surface area (TPSA) is 42.2 Å². The van der Waals surface area contributed by atoms with Crippen LogP contribution in [0, 0.1) is 12.7 Å². The Hall–Kier alpha value is -1.84. The van der Waals surface area contributed by atoms with Crippen molar-refractivity contribution in [3.8, 4) is 0 Å². The summed E-state index contributed by atoms with van der Waals surface area (Å²) in [6, 6.07) is 4.94. The molecule has 0 saturated carbocycles. The molecule has 0 unspecified atom stereocenters. The third kappa shape index (κ3) is 2.11. The first-order valence-electron chi connectivity index (χ1n) is 6.21. The summed E-state index contributed by atoms with van der Waals surface area (Å²) in [7, 11) is 1.81. The minimum absolute atomic E-state index is 0.0173. The van der Waals surface area contributed by atoms with Crippen molar-refractivity contribution in [2.24, 2.45) is 7.05 Å². The van der Waals surface area contributed by atoms with Gasteiger partial charge in [-0.1, -0.05) is 26.0 Å². The maximum absolute atomic E-state index is 14.0. The number of carbonyl (C=O) groups is 1. The number of benzene rings is 1. The van der Waals surface area contributed by atoms with E-state index in [4.69, 9.17) is 5.11 Å². The van der Waals surface area contributed by atoms with Gasteiger partial charge in [0.15, 0.2) is 0 Å². The van der Waals surface area contributed by atoms with Gasteiger partial charge in [-0.05, 0) is 18.6 Å². The normalized spacial score (nSPS) is 12.1. The second kappa shape index (κ2) is 4.37. The molecule has 19 heavy (non-hydrogen) atoms. The lowest BCUT2D eigenvalue weighted by atomic mass is 9.80. The number of hydrogen-bond acceptors (Lipinski definition) is 1. The van der Waals surface area contributed by atoms with Crippen molar-refractivity contribution in [3.05, 3.63) is 35.3 Å². The maximum Gasteiger partial charge on any atom is 0.304 e. The Morgan fingerprint density at radius 2 is 2.05 bits per heavy atom. The standard InChI is InChI=1S/C15H18FNO2/c1-9-13(15(2,3)8-12(18)19)10-6-5-7-11(16)14(10)17(9)4/h5-7H,8H2,1-4H3,(H,18,19). The Labute approximate surface area is 111 Å². The molecule has 1 N–H and O–H groups in total. The molecule has 0 radical (unpaired) electrons. The van der Waals surface area contributed by atoms with Gasteiger partial charge in [0, 0.05) is 23.5 Å². The van der Waals surface area contributed by atoms with Crippen molar-refractivity contribution in [1.82, 2.24) is 4.57 Å². The van der Waals surface area contributed by atoms with Crippen LogP contribution in [0.3, 0.4) is 0 Å². The largest absolute Gasteiger partial charge is 0.481 e. The van der Waals surface area contributed by atoms with E-state index in [1.54, 1.807) is 17.7 Å². The fourth-order valence-electron chi connectivity index (χ4n) is 2.91. The molecule has 0 saturated heterocycles. The number of aryl methyl sites for hydroxylation is 1. The number of nitrogens with zero attached hydrogens (tertiary/aromatic N) is 1. The van der Waals surface area contributed by atoms with E-state index >= 15 is 0 Å². The molecule has 0 bridgehead atoms. The van der Waals surface area contributed by atoms with Crippen LogP contribution in [0.5, 0.6) is 0 Å². The third-order valence-corrected chi connectivity index (χ3v) is 3.73. The van der Waals surface area contributed by atoms with E-state index in [1.165, 1.54) is 6.07 Å². The van der Waals surface area contributed by atoms with Gasteiger partial charge in [0.1, 0.15) is 5.82 Å². The quantitative estimate of drug-likeness (QED) is 0.922. The summed E-state index contributed by atoms with van der Waals surface area (Å²) in [5.41, 5.74) is 1.81. The number of aliphatic carboxylic acids is 1. The van der Waals surface area contributed by atoms with Crippen LogP contribution in [-0.4, -0.2) is 15.6 Å². The van der Waals surface area contributed by atoms with Crippen molar-refractivity contribution < 1.29 is 14.3 Å². The number of carboxylic acids is 1. The van der Waals surface area contributed by atoms with Crippen molar-refractivity contribution in [2.45, 2.75) is 32.6 Å². The molecule has 0 aliphatic heterocycles. The van der Waals surface area contributed by atoms with Gasteiger partial charge in [-0.3, -0.25) is 4.79 Å². The molecule has 102 valence electrons. The third-order valence-electron chi connectivity index (χ3n) is 3.73. The van der Waals surface area contributed by atoms with E-state index in [0.29, 0.717) is 5.52 Å². The fraction of sp³-hybridized carbons (Fsp3) is 0.400. The maximum atomic E-state index is 14.0. The van der Waals surface area contributed by atoms with E-state index in [1.807, 2.05) is 26.8 Å². The Bertz CT molecular complexity index is 656. The van der Waals surface area contributed by atoms with E-state index in [-0.39, 0.29) is 12.2 Å². The lowest BCUT2D eigenvalue weighted by Gasteiger charge is -2.23. The molecule has 1 heterocycles. The van der Waals surface area contributed by atoms with Crippen LogP contribution in [0.1, 0.15) is 31.5 Å². The number of fused-ring (bicyclic) bond motifs is 1. The summed E-state index contributed by atoms with van der Waals surface area (Å²) >= 11 is 0. The van der Waals surface area contributed by atoms with Gasteiger partial charge in [-0.25, -0.2) is 4.39 Å². The Morgan fingerprint density at radius 1 is 1.42 bits per heavy atom. The highest BCUT2D eigenvalue weighted by Crippen LogP contribution is 2.37. The molecule has 0 spiro atoms. The molecule has 0 aliphatic carbocycles. The molecule has 4 heteroatoms. The van der Waals surface area contributed by atoms with Gasteiger partial charge in [0.2, 0.25) is 0 Å². The molecule has 1 aromatic carbocycles. The number of aromatic nitrogens is 1. The Balaban J connectivity index is 2.77. The molecule has 0 aliphatic rings. The molecule has 2 aromatic rings. The van der Waals surface area contributed by atoms with Crippen LogP contribution in [0.2, 0.25) is 0 Å². The first-order chi connectivity index (χ1) is 8.75. The second-order valence-electron chi connectivity index (χ2n) is 5.61. The van der Waals surface area contributed by atoms with Crippen molar-refractivity contribution >= 4 is 16.9 Å². The van der Waals surface area contributed by atoms with E-state index < -0.39 is 11.4 Å². The molecule has 2 rings (SSSR count). The average molecular weight is 263 g/mol. The highest BCUT2D eigenvalue weighted by molar-refractivity contribution is 5.87. The van der Waals surface area contributed by atoms with Crippen molar-refractivity contribution in [3.63, 3.8) is 0 Å². The average Bonchev–Trinajstić information content (AvgIpc) is 2.51. The van der Waals surface area contributed by atoms with Crippen LogP contribution in [0.15, 0.2) is 18.2 Å². The van der Waals surface area contributed by atoms with Gasteiger partial charge in [0.05, 0.1) is 11.9 Å². The van der Waals surface area contributed by atoms with E-state index in [0.717, 1.165) is 16.6 Å². The van der Waals surface area contributed by atoms with Gasteiger partial charge in [0.25, 0.3) is 0 Å². The van der Waals surface area contributed by atoms with Crippen LogP contribution in [0.25, 0.3) is 10.9 Å². The first kappa shape index (κ1) is 13.6. The molecule has 0 fully saturated rings. The number of carboxylic acid groups (broad SMARTS) is 1. The minimum atomic E-state index is -0.849. The zero-order chi connectivity index (χ0) is 14.4. The lowest BCUT2D eigenvalue weighted by Crippen LogP contribution is -2.22. The van der Waals surface area contributed by atoms with Crippen LogP contribution >= 0.6 is 0 Å². The molecule has 0 amide bonds. The molecule has 3 nitrogen and oxygen atoms in total. The fourth-order valence-corrected chi connectivity index (χ4v) is 2.91. The molecular weight excluding hydrogens is 245 g/mol. The predicted molar refractivity (Wildman–Crippen MR) is 72.9 cm³/mol. The number of halogens is 1. The van der Waals surface area contributed by atoms with Crippen molar-refractivity contribution in [1.29, 1.82) is 0 Å². The summed E-state index contributed by atoms with van der Waals surface area (Å²) in [4.78, 5) is 11.0. The van der Waals surface area contributed by atoms with Crippen LogP contribution in [-0.2, 0) is 17.3 Å². The summed E-state index contributed by atoms with van der Waals surface area (Å²) in [5, 5.41) is 9.85. The predicted octanol–water partition coefficient (Wildman–Crippen LogP) is 3.38. The second-order valence-corrected chi connectivity index (χ2v) is 5.61. The van der Waals surface area contributed by atoms with Crippen LogP contribution < -0.4 is 0 Å². The SMILES string of the molecule is Cc1c(C(C)(C)CC(=O)O)c2cccc(F)c2n1C. The number of rotatable bonds is 3. The highest BCUT2D eigenvalue weighted by atomic mass is 19.1. The summed E-state index contributed by atoms with van der Waals surface area (Å²) in [5.74, 6) is -1.13. The Morgan fingerprint density at radius 3 is 2.63 bits per heavy atom. The Kier molecular flexibility index (Phi) is 3.12. The number of hydrogen-bond donors (Lipinski definition) is 1.